The van der Waals surface area contributed by atoms with Crippen molar-refractivity contribution in [3.8, 4) is 11.3 Å². The van der Waals surface area contributed by atoms with Gasteiger partial charge in [-0.1, -0.05) is 5.16 Å². The number of nitrogens with zero attached hydrogens (tertiary/aromatic N) is 3. The zero-order valence-electron chi connectivity index (χ0n) is 16.5. The van der Waals surface area contributed by atoms with E-state index in [4.69, 9.17) is 4.52 Å². The van der Waals surface area contributed by atoms with Crippen LogP contribution in [0.1, 0.15) is 28.7 Å². The molecule has 1 amide bonds. The summed E-state index contributed by atoms with van der Waals surface area (Å²) in [6.07, 6.45) is 1.53. The molecule has 0 aliphatic carbocycles. The number of pyridine rings is 2. The van der Waals surface area contributed by atoms with E-state index in [1.807, 2.05) is 13.8 Å². The molecule has 3 aromatic heterocycles. The van der Waals surface area contributed by atoms with Crippen LogP contribution < -0.4 is 10.7 Å². The van der Waals surface area contributed by atoms with E-state index < -0.39 is 5.91 Å². The molecule has 30 heavy (non-hydrogen) atoms. The normalized spacial score (nSPS) is 11.0. The number of hydrogen-bond acceptors (Lipinski definition) is 5. The lowest BCUT2D eigenvalue weighted by atomic mass is 10.1. The number of rotatable bonds is 5. The van der Waals surface area contributed by atoms with Gasteiger partial charge in [-0.05, 0) is 50.2 Å². The Balaban J connectivity index is 1.55. The number of benzene rings is 1. The van der Waals surface area contributed by atoms with Crippen molar-refractivity contribution in [2.24, 2.45) is 0 Å². The predicted molar refractivity (Wildman–Crippen MR) is 109 cm³/mol. The summed E-state index contributed by atoms with van der Waals surface area (Å²) in [7, 11) is 0. The number of hydrogen-bond donors (Lipinski definition) is 1. The van der Waals surface area contributed by atoms with E-state index in [1.54, 1.807) is 34.9 Å². The standard InChI is InChI=1S/C22H19FN4O3/c1-3-27-12-18(20(28)17-9-4-13(2)25-21(17)27)22(29)24-11-16-10-19(30-26-16)14-5-7-15(23)8-6-14/h4-10,12H,3,11H2,1-2H3,(H,24,29). The van der Waals surface area contributed by atoms with Crippen molar-refractivity contribution in [1.29, 1.82) is 0 Å². The SMILES string of the molecule is CCn1cc(C(=O)NCc2cc(-c3ccc(F)cc3)on2)c(=O)c2ccc(C)nc21. The molecule has 0 aliphatic heterocycles. The third-order valence-electron chi connectivity index (χ3n) is 4.76. The summed E-state index contributed by atoms with van der Waals surface area (Å²) in [6.45, 7) is 4.42. The van der Waals surface area contributed by atoms with E-state index in [1.165, 1.54) is 18.3 Å². The molecule has 4 aromatic rings. The predicted octanol–water partition coefficient (Wildman–Crippen LogP) is 3.45. The van der Waals surface area contributed by atoms with Gasteiger partial charge in [0.1, 0.15) is 22.7 Å². The molecule has 0 fully saturated rings. The van der Waals surface area contributed by atoms with Gasteiger partial charge in [-0.15, -0.1) is 0 Å². The fourth-order valence-corrected chi connectivity index (χ4v) is 3.17. The second-order valence-electron chi connectivity index (χ2n) is 6.85. The Hall–Kier alpha value is -3.81. The largest absolute Gasteiger partial charge is 0.356 e. The smallest absolute Gasteiger partial charge is 0.257 e. The molecule has 1 N–H and O–H groups in total. The van der Waals surface area contributed by atoms with Crippen LogP contribution >= 0.6 is 0 Å². The highest BCUT2D eigenvalue weighted by Gasteiger charge is 2.17. The highest BCUT2D eigenvalue weighted by Crippen LogP contribution is 2.20. The Kier molecular flexibility index (Phi) is 5.14. The maximum atomic E-state index is 13.1. The van der Waals surface area contributed by atoms with Crippen LogP contribution in [0.5, 0.6) is 0 Å². The fourth-order valence-electron chi connectivity index (χ4n) is 3.17. The Morgan fingerprint density at radius 2 is 1.97 bits per heavy atom. The van der Waals surface area contributed by atoms with Crippen molar-refractivity contribution in [1.82, 2.24) is 20.0 Å². The van der Waals surface area contributed by atoms with Crippen LogP contribution in [0, 0.1) is 12.7 Å². The van der Waals surface area contributed by atoms with Gasteiger partial charge in [0.25, 0.3) is 5.91 Å². The first-order valence-electron chi connectivity index (χ1n) is 9.47. The summed E-state index contributed by atoms with van der Waals surface area (Å²) in [5, 5.41) is 7.02. The molecule has 0 bridgehead atoms. The van der Waals surface area contributed by atoms with Crippen LogP contribution in [0.25, 0.3) is 22.4 Å². The minimum absolute atomic E-state index is 0.0391. The van der Waals surface area contributed by atoms with E-state index in [9.17, 15) is 14.0 Å². The van der Waals surface area contributed by atoms with Gasteiger partial charge in [0, 0.05) is 30.1 Å². The van der Waals surface area contributed by atoms with Crippen molar-refractivity contribution >= 4 is 16.9 Å². The Bertz CT molecular complexity index is 1290. The van der Waals surface area contributed by atoms with Gasteiger partial charge in [-0.25, -0.2) is 9.37 Å². The maximum Gasteiger partial charge on any atom is 0.257 e. The number of amides is 1. The summed E-state index contributed by atoms with van der Waals surface area (Å²) in [5.41, 5.74) is 2.18. The van der Waals surface area contributed by atoms with Crippen LogP contribution in [-0.4, -0.2) is 20.6 Å². The first-order chi connectivity index (χ1) is 14.5. The molecular weight excluding hydrogens is 387 g/mol. The first-order valence-corrected chi connectivity index (χ1v) is 9.47. The lowest BCUT2D eigenvalue weighted by Gasteiger charge is -2.11. The summed E-state index contributed by atoms with van der Waals surface area (Å²) in [4.78, 5) is 29.9. The molecule has 0 radical (unpaired) electrons. The number of nitrogens with one attached hydrogen (secondary N) is 1. The van der Waals surface area contributed by atoms with Crippen molar-refractivity contribution in [3.05, 3.63) is 81.7 Å². The van der Waals surface area contributed by atoms with Gasteiger partial charge in [-0.3, -0.25) is 9.59 Å². The Morgan fingerprint density at radius 1 is 1.20 bits per heavy atom. The fraction of sp³-hybridized carbons (Fsp3) is 0.182. The molecule has 8 heteroatoms. The molecule has 0 atom stereocenters. The van der Waals surface area contributed by atoms with Gasteiger partial charge < -0.3 is 14.4 Å². The summed E-state index contributed by atoms with van der Waals surface area (Å²) >= 11 is 0. The van der Waals surface area contributed by atoms with E-state index >= 15 is 0 Å². The molecule has 152 valence electrons. The minimum Gasteiger partial charge on any atom is -0.356 e. The second kappa shape index (κ2) is 7.90. The summed E-state index contributed by atoms with van der Waals surface area (Å²) in [6, 6.07) is 10.9. The molecule has 0 spiro atoms. The quantitative estimate of drug-likeness (QED) is 0.548. The van der Waals surface area contributed by atoms with Crippen molar-refractivity contribution in [3.63, 3.8) is 0 Å². The number of carbonyl (C=O) groups excluding carboxylic acids is 1. The zero-order valence-corrected chi connectivity index (χ0v) is 16.5. The second-order valence-corrected chi connectivity index (χ2v) is 6.85. The number of aromatic nitrogens is 3. The van der Waals surface area contributed by atoms with Gasteiger partial charge in [0.05, 0.1) is 11.9 Å². The summed E-state index contributed by atoms with van der Waals surface area (Å²) in [5.74, 6) is -0.389. The third kappa shape index (κ3) is 3.71. The minimum atomic E-state index is -0.504. The summed E-state index contributed by atoms with van der Waals surface area (Å²) < 4.78 is 20.1. The number of fused-ring (bicyclic) bond motifs is 1. The van der Waals surface area contributed by atoms with E-state index in [0.29, 0.717) is 34.6 Å². The molecule has 3 heterocycles. The lowest BCUT2D eigenvalue weighted by Crippen LogP contribution is -2.29. The Morgan fingerprint density at radius 3 is 2.70 bits per heavy atom. The van der Waals surface area contributed by atoms with E-state index in [-0.39, 0.29) is 23.4 Å². The topological polar surface area (TPSA) is 90.0 Å². The van der Waals surface area contributed by atoms with Gasteiger partial charge in [0.15, 0.2) is 5.76 Å². The lowest BCUT2D eigenvalue weighted by molar-refractivity contribution is 0.0948. The van der Waals surface area contributed by atoms with E-state index in [2.05, 4.69) is 15.5 Å². The molecule has 0 unspecified atom stereocenters. The molecule has 0 saturated heterocycles. The van der Waals surface area contributed by atoms with Gasteiger partial charge in [0.2, 0.25) is 5.43 Å². The average Bonchev–Trinajstić information content (AvgIpc) is 3.22. The zero-order chi connectivity index (χ0) is 21.3. The van der Waals surface area contributed by atoms with Crippen LogP contribution in [0.2, 0.25) is 0 Å². The third-order valence-corrected chi connectivity index (χ3v) is 4.76. The maximum absolute atomic E-state index is 13.1. The first kappa shape index (κ1) is 19.5. The Labute approximate surface area is 171 Å². The average molecular weight is 406 g/mol. The van der Waals surface area contributed by atoms with Crippen molar-refractivity contribution in [2.45, 2.75) is 26.9 Å². The monoisotopic (exact) mass is 406 g/mol. The van der Waals surface area contributed by atoms with Crippen LogP contribution in [-0.2, 0) is 13.1 Å². The highest BCUT2D eigenvalue weighted by molar-refractivity contribution is 5.96. The van der Waals surface area contributed by atoms with Crippen molar-refractivity contribution in [2.75, 3.05) is 0 Å². The van der Waals surface area contributed by atoms with Crippen LogP contribution in [0.4, 0.5) is 4.39 Å². The van der Waals surface area contributed by atoms with Gasteiger partial charge >= 0.3 is 0 Å². The number of carbonyl (C=O) groups is 1. The number of halogens is 1. The van der Waals surface area contributed by atoms with Crippen LogP contribution in [0.3, 0.4) is 0 Å². The van der Waals surface area contributed by atoms with Crippen LogP contribution in [0.15, 0.2) is 58.0 Å². The van der Waals surface area contributed by atoms with Gasteiger partial charge in [-0.2, -0.15) is 0 Å². The van der Waals surface area contributed by atoms with E-state index in [0.717, 1.165) is 5.69 Å². The highest BCUT2D eigenvalue weighted by atomic mass is 19.1. The molecule has 1 aromatic carbocycles. The molecule has 0 saturated carbocycles. The molecule has 7 nitrogen and oxygen atoms in total. The van der Waals surface area contributed by atoms with Crippen molar-refractivity contribution < 1.29 is 13.7 Å². The number of aryl methyl sites for hydroxylation is 2. The molecule has 4 rings (SSSR count). The molecular formula is C22H19FN4O3. The molecule has 0 aliphatic rings.